The number of fused-ring (bicyclic) bond motifs is 1. The van der Waals surface area contributed by atoms with E-state index < -0.39 is 5.60 Å². The number of ether oxygens (including phenoxy) is 2. The number of nitrogens with zero attached hydrogens (tertiary/aromatic N) is 5. The predicted octanol–water partition coefficient (Wildman–Crippen LogP) is 5.41. The van der Waals surface area contributed by atoms with Crippen LogP contribution in [0.5, 0.6) is 5.88 Å². The van der Waals surface area contributed by atoms with E-state index in [0.717, 1.165) is 34.4 Å². The first-order chi connectivity index (χ1) is 19.1. The summed E-state index contributed by atoms with van der Waals surface area (Å²) in [4.78, 5) is 41.7. The van der Waals surface area contributed by atoms with Gasteiger partial charge in [0.25, 0.3) is 5.91 Å². The molecule has 1 N–H and O–H groups in total. The lowest BCUT2D eigenvalue weighted by molar-refractivity contribution is 0.00722. The number of piperidine rings is 1. The summed E-state index contributed by atoms with van der Waals surface area (Å²) >= 11 is 1.29. The molecule has 3 aromatic heterocycles. The van der Waals surface area contributed by atoms with Gasteiger partial charge in [0, 0.05) is 30.1 Å². The number of rotatable bonds is 6. The molecule has 1 fully saturated rings. The van der Waals surface area contributed by atoms with Gasteiger partial charge in [0.15, 0.2) is 0 Å². The van der Waals surface area contributed by atoms with E-state index in [1.807, 2.05) is 52.0 Å². The van der Waals surface area contributed by atoms with E-state index in [2.05, 4.69) is 24.6 Å². The van der Waals surface area contributed by atoms with Crippen molar-refractivity contribution in [3.05, 3.63) is 70.6 Å². The van der Waals surface area contributed by atoms with Crippen molar-refractivity contribution in [3.8, 4) is 5.88 Å². The first kappa shape index (κ1) is 27.4. The minimum absolute atomic E-state index is 0.186. The van der Waals surface area contributed by atoms with E-state index in [9.17, 15) is 9.59 Å². The van der Waals surface area contributed by atoms with Crippen molar-refractivity contribution >= 4 is 40.3 Å². The zero-order valence-corrected chi connectivity index (χ0v) is 23.8. The number of pyridine rings is 1. The van der Waals surface area contributed by atoms with Gasteiger partial charge in [0.2, 0.25) is 5.88 Å². The smallest absolute Gasteiger partial charge is 0.410 e. The fourth-order valence-corrected chi connectivity index (χ4v) is 5.37. The number of carbonyl (C=O) groups is 2. The number of para-hydroxylation sites is 2. The van der Waals surface area contributed by atoms with Gasteiger partial charge < -0.3 is 19.7 Å². The molecule has 208 valence electrons. The molecule has 2 amide bonds. The van der Waals surface area contributed by atoms with Gasteiger partial charge in [-0.15, -0.1) is 0 Å². The number of benzene rings is 1. The van der Waals surface area contributed by atoms with Gasteiger partial charge in [0.1, 0.15) is 11.7 Å². The summed E-state index contributed by atoms with van der Waals surface area (Å²) in [6, 6.07) is 11.2. The van der Waals surface area contributed by atoms with Crippen molar-refractivity contribution in [2.45, 2.75) is 58.7 Å². The zero-order valence-electron chi connectivity index (χ0n) is 23.0. The molecule has 40 heavy (non-hydrogen) atoms. The Bertz CT molecular complexity index is 1520. The third-order valence-electron chi connectivity index (χ3n) is 6.31. The zero-order chi connectivity index (χ0) is 28.3. The number of likely N-dealkylation sites (tertiary alicyclic amines) is 1. The first-order valence-electron chi connectivity index (χ1n) is 13.2. The number of amides is 2. The third kappa shape index (κ3) is 6.71. The second kappa shape index (κ2) is 11.5. The highest BCUT2D eigenvalue weighted by Gasteiger charge is 2.29. The second-order valence-electron chi connectivity index (χ2n) is 10.7. The Morgan fingerprint density at radius 3 is 2.65 bits per heavy atom. The Kier molecular flexibility index (Phi) is 7.92. The normalized spacial score (nSPS) is 15.6. The fraction of sp³-hybridized carbons (Fsp3) is 0.379. The van der Waals surface area contributed by atoms with Gasteiger partial charge in [-0.2, -0.15) is 4.37 Å². The quantitative estimate of drug-likeness (QED) is 0.332. The van der Waals surface area contributed by atoms with E-state index in [1.54, 1.807) is 29.4 Å². The first-order valence-corrected chi connectivity index (χ1v) is 14.0. The lowest BCUT2D eigenvalue weighted by Crippen LogP contribution is -2.46. The standard InChI is InChI=1S/C29H32N6O4S/c1-18-26(24(40-34-18)14-20-16-30-22-9-5-6-10-23(22)32-20)27(36)33-19-11-12-25(31-15-19)38-21-8-7-13-35(17-21)28(37)39-29(2,3)4/h5-6,9-12,15-16,21H,7-8,13-14,17H2,1-4H3,(H,33,36). The molecule has 0 aliphatic carbocycles. The lowest BCUT2D eigenvalue weighted by atomic mass is 10.1. The number of hydrogen-bond donors (Lipinski definition) is 1. The van der Waals surface area contributed by atoms with Crippen molar-refractivity contribution in [2.24, 2.45) is 0 Å². The molecular formula is C29H32N6O4S. The van der Waals surface area contributed by atoms with Crippen LogP contribution in [0.3, 0.4) is 0 Å². The summed E-state index contributed by atoms with van der Waals surface area (Å²) in [5.41, 5.74) is 3.59. The number of anilines is 1. The number of nitrogens with one attached hydrogen (secondary N) is 1. The topological polar surface area (TPSA) is 119 Å². The Balaban J connectivity index is 1.20. The maximum Gasteiger partial charge on any atom is 0.410 e. The van der Waals surface area contributed by atoms with Crippen LogP contribution < -0.4 is 10.1 Å². The maximum atomic E-state index is 13.2. The largest absolute Gasteiger partial charge is 0.472 e. The van der Waals surface area contributed by atoms with Gasteiger partial charge in [-0.1, -0.05) is 12.1 Å². The van der Waals surface area contributed by atoms with Gasteiger partial charge >= 0.3 is 6.09 Å². The van der Waals surface area contributed by atoms with Crippen LogP contribution in [0.15, 0.2) is 48.8 Å². The van der Waals surface area contributed by atoms with Crippen molar-refractivity contribution in [1.29, 1.82) is 0 Å². The van der Waals surface area contributed by atoms with Crippen LogP contribution in [-0.2, 0) is 11.2 Å². The molecule has 1 unspecified atom stereocenters. The molecule has 5 rings (SSSR count). The van der Waals surface area contributed by atoms with Crippen LogP contribution in [-0.4, -0.2) is 61.0 Å². The molecular weight excluding hydrogens is 528 g/mol. The van der Waals surface area contributed by atoms with E-state index in [0.29, 0.717) is 42.3 Å². The molecule has 1 atom stereocenters. The SMILES string of the molecule is Cc1nsc(Cc2cnc3ccccc3n2)c1C(=O)Nc1ccc(OC2CCCN(C(=O)OC(C)(C)C)C2)nc1. The summed E-state index contributed by atoms with van der Waals surface area (Å²) in [6.45, 7) is 8.45. The van der Waals surface area contributed by atoms with Crippen LogP contribution in [0.1, 0.15) is 60.2 Å². The minimum Gasteiger partial charge on any atom is -0.472 e. The minimum atomic E-state index is -0.546. The molecule has 4 heterocycles. The van der Waals surface area contributed by atoms with E-state index in [4.69, 9.17) is 9.47 Å². The Morgan fingerprint density at radius 1 is 1.10 bits per heavy atom. The molecule has 0 bridgehead atoms. The Hall–Kier alpha value is -4.12. The second-order valence-corrected chi connectivity index (χ2v) is 11.6. The third-order valence-corrected chi connectivity index (χ3v) is 7.25. The van der Waals surface area contributed by atoms with Crippen molar-refractivity contribution in [3.63, 3.8) is 0 Å². The number of carbonyl (C=O) groups excluding carboxylic acids is 2. The molecule has 0 radical (unpaired) electrons. The van der Waals surface area contributed by atoms with Gasteiger partial charge in [-0.05, 0) is 70.3 Å². The molecule has 0 spiro atoms. The van der Waals surface area contributed by atoms with Crippen molar-refractivity contribution < 1.29 is 19.1 Å². The number of aryl methyl sites for hydroxylation is 1. The van der Waals surface area contributed by atoms with E-state index in [-0.39, 0.29) is 18.1 Å². The molecule has 1 aliphatic heterocycles. The molecule has 1 aromatic carbocycles. The van der Waals surface area contributed by atoms with Gasteiger partial charge in [-0.3, -0.25) is 9.78 Å². The molecule has 1 aliphatic rings. The molecule has 1 saturated heterocycles. The van der Waals surface area contributed by atoms with Crippen molar-refractivity contribution in [1.82, 2.24) is 24.2 Å². The molecule has 11 heteroatoms. The molecule has 10 nitrogen and oxygen atoms in total. The predicted molar refractivity (Wildman–Crippen MR) is 153 cm³/mol. The van der Waals surface area contributed by atoms with Crippen LogP contribution in [0.2, 0.25) is 0 Å². The average Bonchev–Trinajstić information content (AvgIpc) is 3.28. The number of hydrogen-bond acceptors (Lipinski definition) is 9. The summed E-state index contributed by atoms with van der Waals surface area (Å²) in [6.07, 6.45) is 4.87. The fourth-order valence-electron chi connectivity index (χ4n) is 4.49. The van der Waals surface area contributed by atoms with Crippen LogP contribution in [0.25, 0.3) is 11.0 Å². The monoisotopic (exact) mass is 560 g/mol. The highest BCUT2D eigenvalue weighted by molar-refractivity contribution is 7.06. The maximum absolute atomic E-state index is 13.2. The Labute approximate surface area is 236 Å². The van der Waals surface area contributed by atoms with Crippen molar-refractivity contribution in [2.75, 3.05) is 18.4 Å². The highest BCUT2D eigenvalue weighted by atomic mass is 32.1. The average molecular weight is 561 g/mol. The Morgan fingerprint density at radius 2 is 1.90 bits per heavy atom. The van der Waals surface area contributed by atoms with Gasteiger partial charge in [-0.25, -0.2) is 14.8 Å². The van der Waals surface area contributed by atoms with Crippen LogP contribution in [0.4, 0.5) is 10.5 Å². The summed E-state index contributed by atoms with van der Waals surface area (Å²) in [7, 11) is 0. The number of aromatic nitrogens is 4. The lowest BCUT2D eigenvalue weighted by Gasteiger charge is -2.33. The molecule has 4 aromatic rings. The van der Waals surface area contributed by atoms with Crippen LogP contribution >= 0.6 is 11.5 Å². The molecule has 0 saturated carbocycles. The highest BCUT2D eigenvalue weighted by Crippen LogP contribution is 2.24. The van der Waals surface area contributed by atoms with Gasteiger partial charge in [0.05, 0.1) is 46.4 Å². The summed E-state index contributed by atoms with van der Waals surface area (Å²) < 4.78 is 15.9. The summed E-state index contributed by atoms with van der Waals surface area (Å²) in [5.74, 6) is 0.170. The van der Waals surface area contributed by atoms with E-state index in [1.165, 1.54) is 11.5 Å². The van der Waals surface area contributed by atoms with E-state index >= 15 is 0 Å². The van der Waals surface area contributed by atoms with Crippen LogP contribution in [0, 0.1) is 6.92 Å². The summed E-state index contributed by atoms with van der Waals surface area (Å²) in [5, 5.41) is 2.92.